The molecule has 2 aliphatic rings. The molecular weight excluding hydrogens is 246 g/mol. The molecule has 0 bridgehead atoms. The monoisotopic (exact) mass is 269 g/mol. The van der Waals surface area contributed by atoms with Crippen LogP contribution in [0.25, 0.3) is 0 Å². The Morgan fingerprint density at radius 2 is 2.21 bits per heavy atom. The third kappa shape index (κ3) is 3.76. The van der Waals surface area contributed by atoms with Crippen LogP contribution in [0, 0.1) is 0 Å². The van der Waals surface area contributed by atoms with Crippen molar-refractivity contribution in [1.82, 2.24) is 15.1 Å². The molecule has 2 aliphatic heterocycles. The van der Waals surface area contributed by atoms with Crippen LogP contribution in [0.5, 0.6) is 0 Å². The molecule has 6 nitrogen and oxygen atoms in total. The number of ether oxygens (including phenoxy) is 2. The lowest BCUT2D eigenvalue weighted by Gasteiger charge is -2.39. The zero-order valence-electron chi connectivity index (χ0n) is 11.9. The van der Waals surface area contributed by atoms with Crippen LogP contribution in [0.3, 0.4) is 0 Å². The van der Waals surface area contributed by atoms with E-state index in [9.17, 15) is 4.79 Å². The molecule has 0 aliphatic carbocycles. The summed E-state index contributed by atoms with van der Waals surface area (Å²) in [5.74, 6) is 0.596. The minimum Gasteiger partial charge on any atom is -0.478 e. The van der Waals surface area contributed by atoms with Crippen molar-refractivity contribution in [1.29, 1.82) is 0 Å². The molecule has 1 amide bonds. The van der Waals surface area contributed by atoms with E-state index in [2.05, 4.69) is 16.8 Å². The largest absolute Gasteiger partial charge is 0.478 e. The van der Waals surface area contributed by atoms with Crippen LogP contribution in [0.1, 0.15) is 20.8 Å². The Labute approximate surface area is 114 Å². The van der Waals surface area contributed by atoms with E-state index in [0.29, 0.717) is 32.2 Å². The summed E-state index contributed by atoms with van der Waals surface area (Å²) in [5, 5.41) is 3.10. The molecule has 2 rings (SSSR count). The van der Waals surface area contributed by atoms with Crippen LogP contribution >= 0.6 is 0 Å². The summed E-state index contributed by atoms with van der Waals surface area (Å²) in [5.41, 5.74) is -0.454. The van der Waals surface area contributed by atoms with Gasteiger partial charge in [0.05, 0.1) is 12.7 Å². The van der Waals surface area contributed by atoms with Crippen LogP contribution in [0.15, 0.2) is 12.5 Å². The molecule has 1 atom stereocenters. The van der Waals surface area contributed by atoms with Crippen LogP contribution in [-0.2, 0) is 9.47 Å². The van der Waals surface area contributed by atoms with Crippen LogP contribution in [0.2, 0.25) is 0 Å². The maximum Gasteiger partial charge on any atom is 0.410 e. The molecule has 0 aromatic rings. The van der Waals surface area contributed by atoms with E-state index in [4.69, 9.17) is 9.47 Å². The van der Waals surface area contributed by atoms with Gasteiger partial charge in [-0.1, -0.05) is 0 Å². The minimum atomic E-state index is -0.454. The van der Waals surface area contributed by atoms with Gasteiger partial charge >= 0.3 is 6.09 Å². The molecule has 0 aromatic carbocycles. The van der Waals surface area contributed by atoms with Gasteiger partial charge in [0.15, 0.2) is 5.88 Å². The second kappa shape index (κ2) is 5.28. The van der Waals surface area contributed by atoms with Crippen LogP contribution < -0.4 is 5.32 Å². The summed E-state index contributed by atoms with van der Waals surface area (Å²) in [6, 6.07) is 0.188. The molecule has 2 fully saturated rings. The first-order valence-electron chi connectivity index (χ1n) is 6.63. The third-order valence-corrected chi connectivity index (χ3v) is 3.19. The van der Waals surface area contributed by atoms with Gasteiger partial charge in [0.2, 0.25) is 0 Å². The third-order valence-electron chi connectivity index (χ3n) is 3.19. The van der Waals surface area contributed by atoms with E-state index < -0.39 is 5.60 Å². The quantitative estimate of drug-likeness (QED) is 0.710. The Kier molecular flexibility index (Phi) is 3.89. The minimum absolute atomic E-state index is 0.188. The molecular formula is C13H23N3O3. The molecule has 1 N–H and O–H groups in total. The number of nitrogens with zero attached hydrogens (tertiary/aromatic N) is 2. The number of amides is 1. The summed E-state index contributed by atoms with van der Waals surface area (Å²) < 4.78 is 10.9. The summed E-state index contributed by atoms with van der Waals surface area (Å²) in [6.45, 7) is 12.8. The summed E-state index contributed by atoms with van der Waals surface area (Å²) in [7, 11) is 0. The molecule has 19 heavy (non-hydrogen) atoms. The SMILES string of the molecule is C=C1NCN2CCN(C(=O)OC(C)(C)C)C[C@@H]2CO1. The maximum atomic E-state index is 12.0. The summed E-state index contributed by atoms with van der Waals surface area (Å²) in [4.78, 5) is 16.1. The van der Waals surface area contributed by atoms with Gasteiger partial charge in [-0.2, -0.15) is 0 Å². The van der Waals surface area contributed by atoms with E-state index in [0.717, 1.165) is 6.54 Å². The second-order valence-electron chi connectivity index (χ2n) is 5.96. The van der Waals surface area contributed by atoms with E-state index >= 15 is 0 Å². The Hall–Kier alpha value is -1.43. The van der Waals surface area contributed by atoms with Gasteiger partial charge in [0, 0.05) is 19.6 Å². The number of nitrogens with one attached hydrogen (secondary N) is 1. The van der Waals surface area contributed by atoms with Crippen molar-refractivity contribution in [2.24, 2.45) is 0 Å². The van der Waals surface area contributed by atoms with Gasteiger partial charge in [-0.05, 0) is 27.4 Å². The van der Waals surface area contributed by atoms with Crippen molar-refractivity contribution in [3.05, 3.63) is 12.5 Å². The molecule has 0 aromatic heterocycles. The first kappa shape index (κ1) is 14.0. The number of carbonyl (C=O) groups excluding carboxylic acids is 1. The van der Waals surface area contributed by atoms with Gasteiger partial charge in [0.1, 0.15) is 12.2 Å². The van der Waals surface area contributed by atoms with Crippen LogP contribution in [0.4, 0.5) is 4.79 Å². The predicted octanol–water partition coefficient (Wildman–Crippen LogP) is 0.956. The highest BCUT2D eigenvalue weighted by molar-refractivity contribution is 5.68. The highest BCUT2D eigenvalue weighted by Gasteiger charge is 2.33. The molecule has 2 saturated heterocycles. The average molecular weight is 269 g/mol. The molecule has 0 unspecified atom stereocenters. The van der Waals surface area contributed by atoms with Gasteiger partial charge < -0.3 is 19.7 Å². The lowest BCUT2D eigenvalue weighted by Crippen LogP contribution is -2.57. The fourth-order valence-electron chi connectivity index (χ4n) is 2.19. The van der Waals surface area contributed by atoms with Gasteiger partial charge in [-0.15, -0.1) is 0 Å². The van der Waals surface area contributed by atoms with Gasteiger partial charge in [0.25, 0.3) is 0 Å². The number of piperazine rings is 1. The van der Waals surface area contributed by atoms with Crippen molar-refractivity contribution in [3.8, 4) is 0 Å². The fraction of sp³-hybridized carbons (Fsp3) is 0.769. The molecule has 0 radical (unpaired) electrons. The van der Waals surface area contributed by atoms with Crippen molar-refractivity contribution < 1.29 is 14.3 Å². The molecule has 6 heteroatoms. The molecule has 2 heterocycles. The normalized spacial score (nSPS) is 24.9. The van der Waals surface area contributed by atoms with Crippen molar-refractivity contribution in [2.75, 3.05) is 32.9 Å². The number of hydrogen-bond donors (Lipinski definition) is 1. The number of hydrogen-bond acceptors (Lipinski definition) is 5. The summed E-state index contributed by atoms with van der Waals surface area (Å²) >= 11 is 0. The van der Waals surface area contributed by atoms with Gasteiger partial charge in [-0.25, -0.2) is 4.79 Å². The van der Waals surface area contributed by atoms with Gasteiger partial charge in [-0.3, -0.25) is 4.90 Å². The van der Waals surface area contributed by atoms with Crippen molar-refractivity contribution in [3.63, 3.8) is 0 Å². The lowest BCUT2D eigenvalue weighted by molar-refractivity contribution is -0.00119. The Morgan fingerprint density at radius 1 is 1.47 bits per heavy atom. The smallest absolute Gasteiger partial charge is 0.410 e. The summed E-state index contributed by atoms with van der Waals surface area (Å²) in [6.07, 6.45) is -0.247. The molecule has 0 spiro atoms. The Morgan fingerprint density at radius 3 is 2.89 bits per heavy atom. The first-order valence-corrected chi connectivity index (χ1v) is 6.63. The highest BCUT2D eigenvalue weighted by atomic mass is 16.6. The van der Waals surface area contributed by atoms with E-state index in [-0.39, 0.29) is 12.1 Å². The standard InChI is InChI=1S/C13H23N3O3/c1-10-14-9-16-6-5-15(7-11(16)8-18-10)12(17)19-13(2,3)4/h11,14H,1,5-9H2,2-4H3/t11-/m1/s1. The Balaban J connectivity index is 1.93. The number of rotatable bonds is 0. The zero-order valence-corrected chi connectivity index (χ0v) is 11.9. The lowest BCUT2D eigenvalue weighted by atomic mass is 10.2. The highest BCUT2D eigenvalue weighted by Crippen LogP contribution is 2.16. The van der Waals surface area contributed by atoms with Crippen molar-refractivity contribution in [2.45, 2.75) is 32.4 Å². The number of carbonyl (C=O) groups is 1. The zero-order chi connectivity index (χ0) is 14.0. The number of fused-ring (bicyclic) bond motifs is 1. The second-order valence-corrected chi connectivity index (χ2v) is 5.96. The van der Waals surface area contributed by atoms with Crippen molar-refractivity contribution >= 4 is 6.09 Å². The first-order chi connectivity index (χ1) is 8.85. The molecule has 0 saturated carbocycles. The van der Waals surface area contributed by atoms with E-state index in [1.54, 1.807) is 4.90 Å². The van der Waals surface area contributed by atoms with E-state index in [1.165, 1.54) is 0 Å². The predicted molar refractivity (Wildman–Crippen MR) is 71.4 cm³/mol. The average Bonchev–Trinajstić information content (AvgIpc) is 2.49. The molecule has 108 valence electrons. The van der Waals surface area contributed by atoms with E-state index in [1.807, 2.05) is 20.8 Å². The topological polar surface area (TPSA) is 54.0 Å². The van der Waals surface area contributed by atoms with Crippen LogP contribution in [-0.4, -0.2) is 60.4 Å². The Bertz CT molecular complexity index is 365. The maximum absolute atomic E-state index is 12.0. The fourth-order valence-corrected chi connectivity index (χ4v) is 2.19.